The summed E-state index contributed by atoms with van der Waals surface area (Å²) in [5, 5.41) is 6.93. The minimum Gasteiger partial charge on any atom is -0.349 e. The molecule has 1 amide bonds. The lowest BCUT2D eigenvalue weighted by Gasteiger charge is -2.18. The normalized spacial score (nSPS) is 11.5. The Balaban J connectivity index is 2.19. The molecule has 0 aliphatic carbocycles. The smallest absolute Gasteiger partial charge is 0.273 e. The molecule has 0 unspecified atom stereocenters. The van der Waals surface area contributed by atoms with Gasteiger partial charge in [0.2, 0.25) is 0 Å². The third-order valence-corrected chi connectivity index (χ3v) is 3.26. The number of nitrogens with zero attached hydrogens (tertiary/aromatic N) is 2. The highest BCUT2D eigenvalue weighted by atomic mass is 79.9. The topological polar surface area (TPSA) is 72.9 Å². The predicted octanol–water partition coefficient (Wildman–Crippen LogP) is 2.24. The highest BCUT2D eigenvalue weighted by molar-refractivity contribution is 9.10. The number of hydrogen-bond donors (Lipinski definition) is 2. The molecule has 2 aromatic rings. The first-order valence-corrected chi connectivity index (χ1v) is 7.14. The average Bonchev–Trinajstić information content (AvgIpc) is 2.78. The first kappa shape index (κ1) is 15.7. The highest BCUT2D eigenvalue weighted by Crippen LogP contribution is 2.18. The van der Waals surface area contributed by atoms with Crippen LogP contribution in [0.2, 0.25) is 0 Å². The molecule has 1 aromatic carbocycles. The van der Waals surface area contributed by atoms with Gasteiger partial charge in [0.25, 0.3) is 5.91 Å². The van der Waals surface area contributed by atoms with E-state index in [2.05, 4.69) is 26.3 Å². The summed E-state index contributed by atoms with van der Waals surface area (Å²) in [6.45, 7) is 3.97. The first-order chi connectivity index (χ1) is 9.76. The maximum Gasteiger partial charge on any atom is 0.273 e. The van der Waals surface area contributed by atoms with E-state index < -0.39 is 5.54 Å². The van der Waals surface area contributed by atoms with E-state index >= 15 is 0 Å². The summed E-state index contributed by atoms with van der Waals surface area (Å²) < 4.78 is 15.0. The molecule has 0 saturated carbocycles. The molecule has 0 bridgehead atoms. The van der Waals surface area contributed by atoms with Crippen LogP contribution >= 0.6 is 15.9 Å². The minimum atomic E-state index is -0.498. The molecule has 0 radical (unpaired) electrons. The van der Waals surface area contributed by atoms with Gasteiger partial charge >= 0.3 is 0 Å². The molecule has 0 saturated heterocycles. The van der Waals surface area contributed by atoms with Crippen LogP contribution < -0.4 is 11.1 Å². The molecule has 0 atom stereocenters. The molecule has 112 valence electrons. The summed E-state index contributed by atoms with van der Waals surface area (Å²) >= 11 is 3.30. The second-order valence-corrected chi connectivity index (χ2v) is 6.27. The monoisotopic (exact) mass is 354 g/mol. The van der Waals surface area contributed by atoms with Gasteiger partial charge in [-0.1, -0.05) is 0 Å². The van der Waals surface area contributed by atoms with Gasteiger partial charge in [-0.15, -0.1) is 0 Å². The standard InChI is InChI=1S/C14H16BrFN4O/c1-14(2,17)8-18-13(21)12-11(15)7-20(19-12)10-5-3-9(16)4-6-10/h3-7H,8,17H2,1-2H3,(H,18,21). The summed E-state index contributed by atoms with van der Waals surface area (Å²) in [6.07, 6.45) is 1.65. The fourth-order valence-electron chi connectivity index (χ4n) is 1.62. The number of carbonyl (C=O) groups excluding carboxylic acids is 1. The molecule has 2 rings (SSSR count). The average molecular weight is 355 g/mol. The Labute approximate surface area is 130 Å². The van der Waals surface area contributed by atoms with Gasteiger partial charge in [-0.2, -0.15) is 5.10 Å². The van der Waals surface area contributed by atoms with Gasteiger partial charge in [-0.25, -0.2) is 9.07 Å². The van der Waals surface area contributed by atoms with Crippen molar-refractivity contribution < 1.29 is 9.18 Å². The maximum atomic E-state index is 12.9. The van der Waals surface area contributed by atoms with Crippen molar-refractivity contribution in [2.24, 2.45) is 5.73 Å². The lowest BCUT2D eigenvalue weighted by molar-refractivity contribution is 0.0940. The van der Waals surface area contributed by atoms with Crippen LogP contribution in [-0.4, -0.2) is 27.8 Å². The van der Waals surface area contributed by atoms with E-state index in [1.54, 1.807) is 18.3 Å². The van der Waals surface area contributed by atoms with E-state index in [0.717, 1.165) is 0 Å². The van der Waals surface area contributed by atoms with E-state index in [1.165, 1.54) is 16.8 Å². The van der Waals surface area contributed by atoms with Gasteiger partial charge in [0.15, 0.2) is 5.69 Å². The summed E-state index contributed by atoms with van der Waals surface area (Å²) in [5.74, 6) is -0.644. The summed E-state index contributed by atoms with van der Waals surface area (Å²) in [7, 11) is 0. The molecule has 21 heavy (non-hydrogen) atoms. The van der Waals surface area contributed by atoms with Crippen LogP contribution in [0.3, 0.4) is 0 Å². The predicted molar refractivity (Wildman–Crippen MR) is 81.8 cm³/mol. The molecular weight excluding hydrogens is 339 g/mol. The lowest BCUT2D eigenvalue weighted by Crippen LogP contribution is -2.45. The largest absolute Gasteiger partial charge is 0.349 e. The van der Waals surface area contributed by atoms with Crippen molar-refractivity contribution in [1.29, 1.82) is 0 Å². The fraction of sp³-hybridized carbons (Fsp3) is 0.286. The number of benzene rings is 1. The number of hydrogen-bond acceptors (Lipinski definition) is 3. The summed E-state index contributed by atoms with van der Waals surface area (Å²) in [4.78, 5) is 12.1. The van der Waals surface area contributed by atoms with Crippen molar-refractivity contribution in [1.82, 2.24) is 15.1 Å². The van der Waals surface area contributed by atoms with E-state index in [0.29, 0.717) is 16.7 Å². The zero-order valence-electron chi connectivity index (χ0n) is 11.7. The number of nitrogens with two attached hydrogens (primary N) is 1. The van der Waals surface area contributed by atoms with E-state index in [1.807, 2.05) is 13.8 Å². The quantitative estimate of drug-likeness (QED) is 0.884. The number of aromatic nitrogens is 2. The Morgan fingerprint density at radius 3 is 2.62 bits per heavy atom. The van der Waals surface area contributed by atoms with Gasteiger partial charge in [0.1, 0.15) is 5.82 Å². The molecular formula is C14H16BrFN4O. The minimum absolute atomic E-state index is 0.253. The van der Waals surface area contributed by atoms with Crippen LogP contribution in [0, 0.1) is 5.82 Å². The highest BCUT2D eigenvalue weighted by Gasteiger charge is 2.18. The number of carbonyl (C=O) groups is 1. The third-order valence-electron chi connectivity index (χ3n) is 2.68. The summed E-state index contributed by atoms with van der Waals surface area (Å²) in [5.41, 5.74) is 6.24. The zero-order valence-corrected chi connectivity index (χ0v) is 13.3. The van der Waals surface area contributed by atoms with E-state index in [9.17, 15) is 9.18 Å². The summed E-state index contributed by atoms with van der Waals surface area (Å²) in [6, 6.07) is 5.84. The maximum absolute atomic E-state index is 12.9. The van der Waals surface area contributed by atoms with Crippen LogP contribution in [0.4, 0.5) is 4.39 Å². The Morgan fingerprint density at radius 1 is 1.43 bits per heavy atom. The SMILES string of the molecule is CC(C)(N)CNC(=O)c1nn(-c2ccc(F)cc2)cc1Br. The Morgan fingerprint density at radius 2 is 2.05 bits per heavy atom. The van der Waals surface area contributed by atoms with E-state index in [-0.39, 0.29) is 17.4 Å². The zero-order chi connectivity index (χ0) is 15.6. The van der Waals surface area contributed by atoms with Crippen LogP contribution in [0.5, 0.6) is 0 Å². The van der Waals surface area contributed by atoms with Crippen molar-refractivity contribution in [3.8, 4) is 5.69 Å². The molecule has 0 fully saturated rings. The number of amides is 1. The van der Waals surface area contributed by atoms with Gasteiger partial charge in [0.05, 0.1) is 10.2 Å². The van der Waals surface area contributed by atoms with Crippen LogP contribution in [0.15, 0.2) is 34.9 Å². The van der Waals surface area contributed by atoms with Crippen molar-refractivity contribution in [2.45, 2.75) is 19.4 Å². The Bertz CT molecular complexity index is 646. The van der Waals surface area contributed by atoms with Crippen LogP contribution in [0.1, 0.15) is 24.3 Å². The first-order valence-electron chi connectivity index (χ1n) is 6.34. The van der Waals surface area contributed by atoms with Gasteiger partial charge in [0, 0.05) is 18.3 Å². The van der Waals surface area contributed by atoms with E-state index in [4.69, 9.17) is 5.73 Å². The molecule has 5 nitrogen and oxygen atoms in total. The number of rotatable bonds is 4. The molecule has 1 aromatic heterocycles. The fourth-order valence-corrected chi connectivity index (χ4v) is 2.08. The third kappa shape index (κ3) is 4.12. The van der Waals surface area contributed by atoms with Gasteiger partial charge in [-0.05, 0) is 54.0 Å². The van der Waals surface area contributed by atoms with Gasteiger partial charge in [-0.3, -0.25) is 4.79 Å². The Hall–Kier alpha value is -1.73. The molecule has 0 spiro atoms. The van der Waals surface area contributed by atoms with Crippen molar-refractivity contribution in [2.75, 3.05) is 6.54 Å². The van der Waals surface area contributed by atoms with Crippen molar-refractivity contribution >= 4 is 21.8 Å². The number of halogens is 2. The van der Waals surface area contributed by atoms with Crippen molar-refractivity contribution in [3.63, 3.8) is 0 Å². The molecule has 1 heterocycles. The molecule has 0 aliphatic rings. The molecule has 0 aliphatic heterocycles. The van der Waals surface area contributed by atoms with Crippen LogP contribution in [0.25, 0.3) is 5.69 Å². The number of nitrogens with one attached hydrogen (secondary N) is 1. The van der Waals surface area contributed by atoms with Crippen molar-refractivity contribution in [3.05, 3.63) is 46.4 Å². The Kier molecular flexibility index (Phi) is 4.43. The second kappa shape index (κ2) is 5.95. The van der Waals surface area contributed by atoms with Crippen LogP contribution in [-0.2, 0) is 0 Å². The lowest BCUT2D eigenvalue weighted by atomic mass is 10.1. The second-order valence-electron chi connectivity index (χ2n) is 5.42. The molecule has 7 heteroatoms. The van der Waals surface area contributed by atoms with Gasteiger partial charge < -0.3 is 11.1 Å². The molecule has 3 N–H and O–H groups in total.